The van der Waals surface area contributed by atoms with Crippen molar-refractivity contribution in [1.29, 1.82) is 0 Å². The first-order chi connectivity index (χ1) is 9.56. The van der Waals surface area contributed by atoms with Crippen LogP contribution in [0.4, 0.5) is 10.1 Å². The summed E-state index contributed by atoms with van der Waals surface area (Å²) in [6, 6.07) is 13.7. The quantitative estimate of drug-likeness (QED) is 0.776. The molecule has 1 amide bonds. The zero-order chi connectivity index (χ0) is 14.5. The molecule has 20 heavy (non-hydrogen) atoms. The zero-order valence-electron chi connectivity index (χ0n) is 11.5. The summed E-state index contributed by atoms with van der Waals surface area (Å²) in [5.74, 6) is -0.412. The van der Waals surface area contributed by atoms with Crippen molar-refractivity contribution in [3.8, 4) is 0 Å². The third-order valence-electron chi connectivity index (χ3n) is 3.01. The number of aryl methyl sites for hydroxylation is 1. The van der Waals surface area contributed by atoms with Crippen LogP contribution in [0.2, 0.25) is 0 Å². The molecule has 0 aliphatic carbocycles. The van der Waals surface area contributed by atoms with Crippen LogP contribution in [0.5, 0.6) is 0 Å². The van der Waals surface area contributed by atoms with Gasteiger partial charge in [0.05, 0.1) is 0 Å². The molecule has 2 aromatic rings. The predicted molar refractivity (Wildman–Crippen MR) is 80.0 cm³/mol. The number of hydrogen-bond donors (Lipinski definition) is 0. The van der Waals surface area contributed by atoms with Gasteiger partial charge in [-0.15, -0.1) is 0 Å². The van der Waals surface area contributed by atoms with Gasteiger partial charge in [-0.3, -0.25) is 4.79 Å². The fraction of sp³-hybridized carbons (Fsp3) is 0.118. The number of halogens is 1. The summed E-state index contributed by atoms with van der Waals surface area (Å²) in [6.07, 6.45) is 3.16. The van der Waals surface area contributed by atoms with Crippen molar-refractivity contribution in [2.24, 2.45) is 0 Å². The van der Waals surface area contributed by atoms with E-state index in [4.69, 9.17) is 0 Å². The van der Waals surface area contributed by atoms with Crippen molar-refractivity contribution >= 4 is 17.7 Å². The number of nitrogens with zero attached hydrogens (tertiary/aromatic N) is 1. The maximum atomic E-state index is 12.8. The van der Waals surface area contributed by atoms with E-state index in [1.165, 1.54) is 18.2 Å². The number of anilines is 1. The van der Waals surface area contributed by atoms with Crippen LogP contribution in [0.3, 0.4) is 0 Å². The van der Waals surface area contributed by atoms with Crippen LogP contribution in [0.15, 0.2) is 54.6 Å². The molecular weight excluding hydrogens is 253 g/mol. The molecule has 0 aliphatic rings. The van der Waals surface area contributed by atoms with Gasteiger partial charge in [0.1, 0.15) is 5.82 Å². The third kappa shape index (κ3) is 3.54. The van der Waals surface area contributed by atoms with Crippen molar-refractivity contribution < 1.29 is 9.18 Å². The molecule has 0 fully saturated rings. The van der Waals surface area contributed by atoms with Gasteiger partial charge >= 0.3 is 0 Å². The van der Waals surface area contributed by atoms with Crippen molar-refractivity contribution in [3.05, 3.63) is 71.6 Å². The second kappa shape index (κ2) is 6.15. The van der Waals surface area contributed by atoms with E-state index in [1.54, 1.807) is 30.2 Å². The standard InChI is InChI=1S/C17H16FNO/c1-13-4-3-5-16(12-13)19(2)17(20)11-8-14-6-9-15(18)10-7-14/h3-12H,1-2H3/b11-8+. The summed E-state index contributed by atoms with van der Waals surface area (Å²) in [5, 5.41) is 0. The highest BCUT2D eigenvalue weighted by Crippen LogP contribution is 2.15. The molecule has 0 spiro atoms. The molecule has 3 heteroatoms. The Labute approximate surface area is 118 Å². The minimum Gasteiger partial charge on any atom is -0.312 e. The molecule has 0 aromatic heterocycles. The molecule has 2 nitrogen and oxygen atoms in total. The molecule has 0 radical (unpaired) electrons. The van der Waals surface area contributed by atoms with E-state index >= 15 is 0 Å². The van der Waals surface area contributed by atoms with Gasteiger partial charge in [0, 0.05) is 18.8 Å². The third-order valence-corrected chi connectivity index (χ3v) is 3.01. The fourth-order valence-corrected chi connectivity index (χ4v) is 1.82. The van der Waals surface area contributed by atoms with Crippen LogP contribution >= 0.6 is 0 Å². The maximum Gasteiger partial charge on any atom is 0.250 e. The van der Waals surface area contributed by atoms with Gasteiger partial charge in [-0.05, 0) is 48.4 Å². The van der Waals surface area contributed by atoms with Crippen LogP contribution in [-0.2, 0) is 4.79 Å². The SMILES string of the molecule is Cc1cccc(N(C)C(=O)/C=C/c2ccc(F)cc2)c1. The van der Waals surface area contributed by atoms with Gasteiger partial charge < -0.3 is 4.90 Å². The summed E-state index contributed by atoms with van der Waals surface area (Å²) >= 11 is 0. The second-order valence-electron chi connectivity index (χ2n) is 4.62. The zero-order valence-corrected chi connectivity index (χ0v) is 11.5. The first kappa shape index (κ1) is 14.0. The minimum atomic E-state index is -0.287. The van der Waals surface area contributed by atoms with Gasteiger partial charge in [0.2, 0.25) is 0 Å². The monoisotopic (exact) mass is 269 g/mol. The fourth-order valence-electron chi connectivity index (χ4n) is 1.82. The largest absolute Gasteiger partial charge is 0.312 e. The van der Waals surface area contributed by atoms with Gasteiger partial charge in [0.25, 0.3) is 5.91 Å². The van der Waals surface area contributed by atoms with Crippen LogP contribution in [0.25, 0.3) is 6.08 Å². The number of carbonyl (C=O) groups excluding carboxylic acids is 1. The summed E-state index contributed by atoms with van der Waals surface area (Å²) in [6.45, 7) is 1.98. The highest BCUT2D eigenvalue weighted by atomic mass is 19.1. The van der Waals surface area contributed by atoms with Gasteiger partial charge in [-0.2, -0.15) is 0 Å². The Kier molecular flexibility index (Phi) is 4.31. The Morgan fingerprint density at radius 2 is 1.85 bits per heavy atom. The number of hydrogen-bond acceptors (Lipinski definition) is 1. The van der Waals surface area contributed by atoms with E-state index in [0.717, 1.165) is 16.8 Å². The summed E-state index contributed by atoms with van der Waals surface area (Å²) in [5.41, 5.74) is 2.74. The lowest BCUT2D eigenvalue weighted by Crippen LogP contribution is -2.23. The highest BCUT2D eigenvalue weighted by molar-refractivity contribution is 6.03. The molecule has 0 aliphatic heterocycles. The second-order valence-corrected chi connectivity index (χ2v) is 4.62. The molecule has 0 heterocycles. The number of rotatable bonds is 3. The first-order valence-corrected chi connectivity index (χ1v) is 6.34. The Morgan fingerprint density at radius 3 is 2.50 bits per heavy atom. The lowest BCUT2D eigenvalue weighted by molar-refractivity contribution is -0.113. The molecule has 2 rings (SSSR count). The van der Waals surface area contributed by atoms with Crippen LogP contribution in [0.1, 0.15) is 11.1 Å². The Bertz CT molecular complexity index is 632. The molecular formula is C17H16FNO. The van der Waals surface area contributed by atoms with E-state index in [9.17, 15) is 9.18 Å². The molecule has 0 unspecified atom stereocenters. The number of amides is 1. The molecule has 0 saturated heterocycles. The highest BCUT2D eigenvalue weighted by Gasteiger charge is 2.07. The van der Waals surface area contributed by atoms with E-state index in [1.807, 2.05) is 31.2 Å². The molecule has 0 saturated carbocycles. The number of likely N-dealkylation sites (N-methyl/N-ethyl adjacent to an activating group) is 1. The maximum absolute atomic E-state index is 12.8. The van der Waals surface area contributed by atoms with E-state index < -0.39 is 0 Å². The Morgan fingerprint density at radius 1 is 1.15 bits per heavy atom. The average molecular weight is 269 g/mol. The summed E-state index contributed by atoms with van der Waals surface area (Å²) in [7, 11) is 1.73. The smallest absolute Gasteiger partial charge is 0.250 e. The van der Waals surface area contributed by atoms with Crippen LogP contribution in [-0.4, -0.2) is 13.0 Å². The van der Waals surface area contributed by atoms with Gasteiger partial charge in [-0.1, -0.05) is 24.3 Å². The summed E-state index contributed by atoms with van der Waals surface area (Å²) < 4.78 is 12.8. The van der Waals surface area contributed by atoms with Crippen molar-refractivity contribution in [2.75, 3.05) is 11.9 Å². The topological polar surface area (TPSA) is 20.3 Å². The molecule has 0 N–H and O–H groups in total. The summed E-state index contributed by atoms with van der Waals surface area (Å²) in [4.78, 5) is 13.6. The molecule has 2 aromatic carbocycles. The lowest BCUT2D eigenvalue weighted by Gasteiger charge is -2.15. The Hall–Kier alpha value is -2.42. The predicted octanol–water partition coefficient (Wildman–Crippen LogP) is 3.81. The normalized spacial score (nSPS) is 10.8. The molecule has 102 valence electrons. The van der Waals surface area contributed by atoms with Crippen molar-refractivity contribution in [3.63, 3.8) is 0 Å². The number of carbonyl (C=O) groups is 1. The van der Waals surface area contributed by atoms with Crippen LogP contribution < -0.4 is 4.90 Å². The lowest BCUT2D eigenvalue weighted by atomic mass is 10.2. The van der Waals surface area contributed by atoms with Gasteiger partial charge in [-0.25, -0.2) is 4.39 Å². The van der Waals surface area contributed by atoms with E-state index in [-0.39, 0.29) is 11.7 Å². The first-order valence-electron chi connectivity index (χ1n) is 6.34. The van der Waals surface area contributed by atoms with E-state index in [0.29, 0.717) is 0 Å². The van der Waals surface area contributed by atoms with Crippen LogP contribution in [0, 0.1) is 12.7 Å². The molecule has 0 atom stereocenters. The average Bonchev–Trinajstić information content (AvgIpc) is 2.45. The van der Waals surface area contributed by atoms with Crippen molar-refractivity contribution in [1.82, 2.24) is 0 Å². The molecule has 0 bridgehead atoms. The Balaban J connectivity index is 2.09. The minimum absolute atomic E-state index is 0.125. The number of benzene rings is 2. The van der Waals surface area contributed by atoms with Crippen molar-refractivity contribution in [2.45, 2.75) is 6.92 Å². The van der Waals surface area contributed by atoms with Gasteiger partial charge in [0.15, 0.2) is 0 Å². The van der Waals surface area contributed by atoms with E-state index in [2.05, 4.69) is 0 Å².